The molecule has 1 aliphatic carbocycles. The summed E-state index contributed by atoms with van der Waals surface area (Å²) in [5, 5.41) is 0. The van der Waals surface area contributed by atoms with Gasteiger partial charge in [-0.25, -0.2) is 4.98 Å². The Morgan fingerprint density at radius 2 is 2.40 bits per heavy atom. The average molecular weight is 270 g/mol. The summed E-state index contributed by atoms with van der Waals surface area (Å²) >= 11 is 0. The number of primary amides is 1. The fourth-order valence-corrected chi connectivity index (χ4v) is 4.04. The summed E-state index contributed by atoms with van der Waals surface area (Å²) in [7, 11) is 2.17. The molecule has 1 aliphatic heterocycles. The molecule has 5 nitrogen and oxygen atoms in total. The summed E-state index contributed by atoms with van der Waals surface area (Å²) in [6.45, 7) is 1.14. The van der Waals surface area contributed by atoms with Crippen molar-refractivity contribution in [3.63, 3.8) is 0 Å². The number of para-hydroxylation sites is 1. The Labute approximate surface area is 117 Å². The second-order valence-corrected chi connectivity index (χ2v) is 6.17. The highest BCUT2D eigenvalue weighted by Gasteiger charge is 2.51. The number of aromatic nitrogens is 2. The standard InChI is InChI=1S/C15H18N4O/c1-19-8-9-5-6-15(19,7-9)14-17-11-4-2-3-10(13(16)20)12(11)18-14/h2-4,9H,5-8H2,1H3,(H2,16,20)(H,17,18)/t9-,15+/m0/s1. The highest BCUT2D eigenvalue weighted by molar-refractivity contribution is 6.04. The Kier molecular flexibility index (Phi) is 2.27. The second-order valence-electron chi connectivity index (χ2n) is 6.17. The van der Waals surface area contributed by atoms with Crippen LogP contribution in [0.5, 0.6) is 0 Å². The third-order valence-electron chi connectivity index (χ3n) is 5.07. The number of nitrogens with two attached hydrogens (primary N) is 1. The van der Waals surface area contributed by atoms with Crippen LogP contribution in [0.4, 0.5) is 0 Å². The molecule has 1 aromatic carbocycles. The van der Waals surface area contributed by atoms with E-state index in [0.717, 1.165) is 36.6 Å². The Bertz CT molecular complexity index is 707. The van der Waals surface area contributed by atoms with Crippen molar-refractivity contribution >= 4 is 16.9 Å². The summed E-state index contributed by atoms with van der Waals surface area (Å²) in [5.74, 6) is 1.35. The molecule has 4 rings (SSSR count). The lowest BCUT2D eigenvalue weighted by Crippen LogP contribution is -2.40. The summed E-state index contributed by atoms with van der Waals surface area (Å²) in [6.07, 6.45) is 3.57. The van der Waals surface area contributed by atoms with Gasteiger partial charge in [0.2, 0.25) is 0 Å². The van der Waals surface area contributed by atoms with Crippen molar-refractivity contribution in [2.24, 2.45) is 11.7 Å². The van der Waals surface area contributed by atoms with E-state index in [4.69, 9.17) is 10.7 Å². The molecule has 0 unspecified atom stereocenters. The number of imidazole rings is 1. The summed E-state index contributed by atoms with van der Waals surface area (Å²) < 4.78 is 0. The van der Waals surface area contributed by atoms with Crippen molar-refractivity contribution in [3.05, 3.63) is 29.6 Å². The van der Waals surface area contributed by atoms with Gasteiger partial charge >= 0.3 is 0 Å². The largest absolute Gasteiger partial charge is 0.366 e. The number of hydrogen-bond acceptors (Lipinski definition) is 3. The molecule has 3 N–H and O–H groups in total. The first-order chi connectivity index (χ1) is 9.60. The molecule has 1 amide bonds. The van der Waals surface area contributed by atoms with E-state index in [1.807, 2.05) is 12.1 Å². The first-order valence-electron chi connectivity index (χ1n) is 7.10. The number of fused-ring (bicyclic) bond motifs is 3. The smallest absolute Gasteiger partial charge is 0.250 e. The predicted octanol–water partition coefficient (Wildman–Crippen LogP) is 1.60. The number of nitrogens with one attached hydrogen (secondary N) is 1. The highest BCUT2D eigenvalue weighted by Crippen LogP contribution is 2.51. The molecule has 2 bridgehead atoms. The molecule has 2 heterocycles. The third-order valence-corrected chi connectivity index (χ3v) is 5.07. The Morgan fingerprint density at radius 3 is 3.05 bits per heavy atom. The van der Waals surface area contributed by atoms with Crippen molar-refractivity contribution in [3.8, 4) is 0 Å². The molecule has 0 radical (unpaired) electrons. The SMILES string of the molecule is CN1C[C@H]2CC[C@]1(c1nc3c(C(N)=O)cccc3[nH]1)C2. The minimum atomic E-state index is -0.421. The molecular weight excluding hydrogens is 252 g/mol. The van der Waals surface area contributed by atoms with Gasteiger partial charge in [-0.3, -0.25) is 9.69 Å². The van der Waals surface area contributed by atoms with E-state index in [2.05, 4.69) is 16.9 Å². The van der Waals surface area contributed by atoms with Crippen LogP contribution in [0.1, 0.15) is 35.4 Å². The number of hydrogen-bond donors (Lipinski definition) is 2. The molecular formula is C15H18N4O. The van der Waals surface area contributed by atoms with E-state index >= 15 is 0 Å². The predicted molar refractivity (Wildman–Crippen MR) is 76.3 cm³/mol. The third kappa shape index (κ3) is 1.41. The molecule has 1 aromatic heterocycles. The zero-order chi connectivity index (χ0) is 13.9. The van der Waals surface area contributed by atoms with E-state index in [1.54, 1.807) is 6.07 Å². The fourth-order valence-electron chi connectivity index (χ4n) is 4.04. The van der Waals surface area contributed by atoms with Crippen LogP contribution >= 0.6 is 0 Å². The maximum atomic E-state index is 11.5. The van der Waals surface area contributed by atoms with Crippen molar-refractivity contribution in [1.29, 1.82) is 0 Å². The molecule has 20 heavy (non-hydrogen) atoms. The van der Waals surface area contributed by atoms with Crippen molar-refractivity contribution in [2.75, 3.05) is 13.6 Å². The van der Waals surface area contributed by atoms with Crippen LogP contribution in [0.2, 0.25) is 0 Å². The topological polar surface area (TPSA) is 75.0 Å². The number of amides is 1. The molecule has 1 saturated carbocycles. The van der Waals surface area contributed by atoms with E-state index in [-0.39, 0.29) is 5.54 Å². The number of piperidine rings is 1. The van der Waals surface area contributed by atoms with Crippen molar-refractivity contribution in [1.82, 2.24) is 14.9 Å². The lowest BCUT2D eigenvalue weighted by molar-refractivity contribution is 0.100. The zero-order valence-corrected chi connectivity index (χ0v) is 11.5. The van der Waals surface area contributed by atoms with E-state index < -0.39 is 5.91 Å². The Hall–Kier alpha value is -1.88. The van der Waals surface area contributed by atoms with Crippen molar-refractivity contribution in [2.45, 2.75) is 24.8 Å². The van der Waals surface area contributed by atoms with E-state index in [1.165, 1.54) is 6.42 Å². The number of carbonyl (C=O) groups is 1. The van der Waals surface area contributed by atoms with Crippen LogP contribution in [0, 0.1) is 5.92 Å². The number of nitrogens with zero attached hydrogens (tertiary/aromatic N) is 2. The second kappa shape index (κ2) is 3.82. The van der Waals surface area contributed by atoms with Crippen LogP contribution in [0.15, 0.2) is 18.2 Å². The van der Waals surface area contributed by atoms with Gasteiger partial charge in [-0.05, 0) is 44.4 Å². The van der Waals surface area contributed by atoms with Crippen LogP contribution in [0.25, 0.3) is 11.0 Å². The first-order valence-corrected chi connectivity index (χ1v) is 7.10. The maximum absolute atomic E-state index is 11.5. The Balaban J connectivity index is 1.90. The lowest BCUT2D eigenvalue weighted by atomic mass is 9.96. The molecule has 2 aliphatic rings. The number of aromatic amines is 1. The van der Waals surface area contributed by atoms with Gasteiger partial charge in [0, 0.05) is 6.54 Å². The molecule has 2 fully saturated rings. The van der Waals surface area contributed by atoms with Gasteiger partial charge in [-0.15, -0.1) is 0 Å². The molecule has 1 saturated heterocycles. The van der Waals surface area contributed by atoms with Gasteiger partial charge in [0.05, 0.1) is 16.6 Å². The minimum absolute atomic E-state index is 0.0264. The first kappa shape index (κ1) is 11.9. The lowest BCUT2D eigenvalue weighted by Gasteiger charge is -2.34. The number of carbonyl (C=O) groups excluding carboxylic acids is 1. The minimum Gasteiger partial charge on any atom is -0.366 e. The van der Waals surface area contributed by atoms with E-state index in [0.29, 0.717) is 11.1 Å². The number of rotatable bonds is 2. The summed E-state index contributed by atoms with van der Waals surface area (Å²) in [6, 6.07) is 5.54. The van der Waals surface area contributed by atoms with Crippen LogP contribution in [-0.4, -0.2) is 34.4 Å². The highest BCUT2D eigenvalue weighted by atomic mass is 16.1. The normalized spacial score (nSPS) is 29.4. The van der Waals surface area contributed by atoms with Gasteiger partial charge in [0.25, 0.3) is 5.91 Å². The van der Waals surface area contributed by atoms with Crippen LogP contribution in [-0.2, 0) is 5.54 Å². The van der Waals surface area contributed by atoms with Gasteiger partial charge in [-0.2, -0.15) is 0 Å². The molecule has 104 valence electrons. The van der Waals surface area contributed by atoms with Gasteiger partial charge in [-0.1, -0.05) is 6.07 Å². The van der Waals surface area contributed by atoms with E-state index in [9.17, 15) is 4.79 Å². The van der Waals surface area contributed by atoms with Gasteiger partial charge in [0.1, 0.15) is 11.3 Å². The monoisotopic (exact) mass is 270 g/mol. The van der Waals surface area contributed by atoms with Crippen LogP contribution < -0.4 is 5.73 Å². The number of likely N-dealkylation sites (tertiary alicyclic amines) is 1. The maximum Gasteiger partial charge on any atom is 0.250 e. The van der Waals surface area contributed by atoms with Gasteiger partial charge < -0.3 is 10.7 Å². The van der Waals surface area contributed by atoms with Crippen LogP contribution in [0.3, 0.4) is 0 Å². The molecule has 2 aromatic rings. The number of H-pyrrole nitrogens is 1. The summed E-state index contributed by atoms with van der Waals surface area (Å²) in [5.41, 5.74) is 7.56. The quantitative estimate of drug-likeness (QED) is 0.870. The zero-order valence-electron chi connectivity index (χ0n) is 11.5. The number of benzene rings is 1. The van der Waals surface area contributed by atoms with Gasteiger partial charge in [0.15, 0.2) is 0 Å². The molecule has 5 heteroatoms. The Morgan fingerprint density at radius 1 is 1.55 bits per heavy atom. The van der Waals surface area contributed by atoms with Crippen molar-refractivity contribution < 1.29 is 4.79 Å². The molecule has 0 spiro atoms. The average Bonchev–Trinajstić information content (AvgIpc) is 3.08. The molecule has 2 atom stereocenters. The fraction of sp³-hybridized carbons (Fsp3) is 0.467. The summed E-state index contributed by atoms with van der Waals surface area (Å²) in [4.78, 5) is 22.1.